The molecule has 0 fully saturated rings. The highest BCUT2D eigenvalue weighted by molar-refractivity contribution is 5.38. The molecule has 4 nitrogen and oxygen atoms in total. The molecule has 18 heavy (non-hydrogen) atoms. The largest absolute Gasteiger partial charge is 0.416 e. The summed E-state index contributed by atoms with van der Waals surface area (Å²) in [7, 11) is 0. The van der Waals surface area contributed by atoms with Crippen LogP contribution in [-0.4, -0.2) is 21.5 Å². The van der Waals surface area contributed by atoms with Gasteiger partial charge in [0, 0.05) is 31.1 Å². The van der Waals surface area contributed by atoms with Crippen LogP contribution in [0.25, 0.3) is 0 Å². The van der Waals surface area contributed by atoms with E-state index in [-0.39, 0.29) is 5.82 Å². The van der Waals surface area contributed by atoms with Crippen molar-refractivity contribution in [1.29, 1.82) is 0 Å². The third kappa shape index (κ3) is 3.22. The first-order valence-electron chi connectivity index (χ1n) is 5.30. The van der Waals surface area contributed by atoms with E-state index in [0.717, 1.165) is 24.0 Å². The van der Waals surface area contributed by atoms with Gasteiger partial charge < -0.3 is 10.3 Å². The molecule has 2 aromatic heterocycles. The normalized spacial score (nSPS) is 11.5. The van der Waals surface area contributed by atoms with Gasteiger partial charge in [-0.1, -0.05) is 0 Å². The van der Waals surface area contributed by atoms with Gasteiger partial charge >= 0.3 is 6.18 Å². The number of aromatic nitrogens is 3. The van der Waals surface area contributed by atoms with Gasteiger partial charge in [-0.2, -0.15) is 13.2 Å². The number of hydrogen-bond acceptors (Lipinski definition) is 3. The van der Waals surface area contributed by atoms with Crippen LogP contribution >= 0.6 is 0 Å². The van der Waals surface area contributed by atoms with E-state index in [9.17, 15) is 13.2 Å². The molecular weight excluding hydrogens is 245 g/mol. The molecule has 0 aromatic carbocycles. The smallest absolute Gasteiger partial charge is 0.370 e. The molecule has 2 aromatic rings. The van der Waals surface area contributed by atoms with Crippen LogP contribution in [0.1, 0.15) is 11.3 Å². The molecule has 0 aliphatic heterocycles. The number of nitrogens with zero attached hydrogens (tertiary/aromatic N) is 2. The Labute approximate surface area is 101 Å². The first-order chi connectivity index (χ1) is 8.55. The zero-order chi connectivity index (χ0) is 13.0. The van der Waals surface area contributed by atoms with E-state index >= 15 is 0 Å². The Bertz CT molecular complexity index is 493. The average Bonchev–Trinajstić information content (AvgIpc) is 2.81. The summed E-state index contributed by atoms with van der Waals surface area (Å²) in [5.41, 5.74) is 0.205. The first kappa shape index (κ1) is 12.4. The van der Waals surface area contributed by atoms with Crippen LogP contribution in [0.4, 0.5) is 19.0 Å². The SMILES string of the molecule is FC(F)(F)c1ccnc(NCCc2cnc[nH]2)c1. The number of H-pyrrole nitrogens is 1. The number of nitrogens with one attached hydrogen (secondary N) is 2. The summed E-state index contributed by atoms with van der Waals surface area (Å²) in [5.74, 6) is 0.212. The molecule has 0 saturated heterocycles. The second kappa shape index (κ2) is 5.07. The zero-order valence-corrected chi connectivity index (χ0v) is 9.33. The van der Waals surface area contributed by atoms with Gasteiger partial charge in [-0.3, -0.25) is 0 Å². The van der Waals surface area contributed by atoms with Crippen molar-refractivity contribution in [3.8, 4) is 0 Å². The van der Waals surface area contributed by atoms with Crippen molar-refractivity contribution in [1.82, 2.24) is 15.0 Å². The Kier molecular flexibility index (Phi) is 3.50. The lowest BCUT2D eigenvalue weighted by Crippen LogP contribution is -2.09. The highest BCUT2D eigenvalue weighted by atomic mass is 19.4. The Balaban J connectivity index is 1.93. The molecule has 0 radical (unpaired) electrons. The van der Waals surface area contributed by atoms with E-state index < -0.39 is 11.7 Å². The fraction of sp³-hybridized carbons (Fsp3) is 0.273. The number of imidazole rings is 1. The fourth-order valence-corrected chi connectivity index (χ4v) is 1.45. The van der Waals surface area contributed by atoms with Crippen molar-refractivity contribution >= 4 is 5.82 Å². The van der Waals surface area contributed by atoms with Crippen molar-refractivity contribution in [2.45, 2.75) is 12.6 Å². The standard InChI is InChI=1S/C11H11F3N4/c12-11(13,14)8-1-3-16-10(5-8)17-4-2-9-6-15-7-18-9/h1,3,5-7H,2,4H2,(H,15,18)(H,16,17). The Hall–Kier alpha value is -2.05. The Morgan fingerprint density at radius 3 is 2.83 bits per heavy atom. The summed E-state index contributed by atoms with van der Waals surface area (Å²) in [5, 5.41) is 2.84. The maximum absolute atomic E-state index is 12.4. The second-order valence-electron chi connectivity index (χ2n) is 3.68. The quantitative estimate of drug-likeness (QED) is 0.883. The summed E-state index contributed by atoms with van der Waals surface area (Å²) in [6.45, 7) is 0.483. The third-order valence-corrected chi connectivity index (χ3v) is 2.34. The van der Waals surface area contributed by atoms with E-state index in [2.05, 4.69) is 20.3 Å². The van der Waals surface area contributed by atoms with E-state index in [1.165, 1.54) is 0 Å². The minimum absolute atomic E-state index is 0.212. The van der Waals surface area contributed by atoms with Crippen molar-refractivity contribution in [3.05, 3.63) is 42.1 Å². The predicted molar refractivity (Wildman–Crippen MR) is 60.0 cm³/mol. The van der Waals surface area contributed by atoms with E-state index in [4.69, 9.17) is 0 Å². The van der Waals surface area contributed by atoms with Gasteiger partial charge in [0.15, 0.2) is 0 Å². The molecule has 0 amide bonds. The Morgan fingerprint density at radius 2 is 2.17 bits per heavy atom. The summed E-state index contributed by atoms with van der Waals surface area (Å²) in [6, 6.07) is 1.94. The van der Waals surface area contributed by atoms with E-state index in [1.807, 2.05) is 0 Å². The number of alkyl halides is 3. The summed E-state index contributed by atoms with van der Waals surface area (Å²) < 4.78 is 37.3. The van der Waals surface area contributed by atoms with Crippen LogP contribution in [-0.2, 0) is 12.6 Å². The van der Waals surface area contributed by atoms with Gasteiger partial charge in [0.05, 0.1) is 11.9 Å². The zero-order valence-electron chi connectivity index (χ0n) is 9.33. The molecule has 0 aliphatic carbocycles. The minimum atomic E-state index is -4.34. The van der Waals surface area contributed by atoms with Gasteiger partial charge in [-0.15, -0.1) is 0 Å². The monoisotopic (exact) mass is 256 g/mol. The fourth-order valence-electron chi connectivity index (χ4n) is 1.45. The number of aromatic amines is 1. The average molecular weight is 256 g/mol. The predicted octanol–water partition coefficient (Wildman–Crippen LogP) is 2.48. The maximum Gasteiger partial charge on any atom is 0.416 e. The molecule has 0 saturated carbocycles. The van der Waals surface area contributed by atoms with E-state index in [1.54, 1.807) is 12.5 Å². The molecule has 7 heteroatoms. The van der Waals surface area contributed by atoms with Crippen LogP contribution in [0.5, 0.6) is 0 Å². The van der Waals surface area contributed by atoms with Gasteiger partial charge in [0.2, 0.25) is 0 Å². The molecule has 2 rings (SSSR count). The van der Waals surface area contributed by atoms with Crippen molar-refractivity contribution in [2.24, 2.45) is 0 Å². The lowest BCUT2D eigenvalue weighted by atomic mass is 10.2. The lowest BCUT2D eigenvalue weighted by molar-refractivity contribution is -0.137. The molecule has 0 unspecified atom stereocenters. The number of pyridine rings is 1. The molecule has 0 aliphatic rings. The van der Waals surface area contributed by atoms with Crippen LogP contribution in [0, 0.1) is 0 Å². The van der Waals surface area contributed by atoms with Crippen LogP contribution in [0.15, 0.2) is 30.9 Å². The topological polar surface area (TPSA) is 53.6 Å². The molecular formula is C11H11F3N4. The summed E-state index contributed by atoms with van der Waals surface area (Å²) in [4.78, 5) is 10.6. The molecule has 96 valence electrons. The van der Waals surface area contributed by atoms with Crippen molar-refractivity contribution in [2.75, 3.05) is 11.9 Å². The highest BCUT2D eigenvalue weighted by Gasteiger charge is 2.30. The lowest BCUT2D eigenvalue weighted by Gasteiger charge is -2.09. The van der Waals surface area contributed by atoms with Crippen molar-refractivity contribution in [3.63, 3.8) is 0 Å². The maximum atomic E-state index is 12.4. The summed E-state index contributed by atoms with van der Waals surface area (Å²) >= 11 is 0. The number of halogens is 3. The second-order valence-corrected chi connectivity index (χ2v) is 3.68. The van der Waals surface area contributed by atoms with Gasteiger partial charge in [0.25, 0.3) is 0 Å². The molecule has 2 heterocycles. The first-order valence-corrected chi connectivity index (χ1v) is 5.30. The Morgan fingerprint density at radius 1 is 1.33 bits per heavy atom. The summed E-state index contributed by atoms with van der Waals surface area (Å²) in [6.07, 6.45) is 0.654. The number of hydrogen-bond donors (Lipinski definition) is 2. The number of anilines is 1. The van der Waals surface area contributed by atoms with Gasteiger partial charge in [0.1, 0.15) is 5.82 Å². The molecule has 2 N–H and O–H groups in total. The van der Waals surface area contributed by atoms with Gasteiger partial charge in [-0.05, 0) is 12.1 Å². The number of rotatable bonds is 4. The van der Waals surface area contributed by atoms with E-state index in [0.29, 0.717) is 13.0 Å². The third-order valence-electron chi connectivity index (χ3n) is 2.34. The van der Waals surface area contributed by atoms with Crippen LogP contribution in [0.3, 0.4) is 0 Å². The van der Waals surface area contributed by atoms with Crippen molar-refractivity contribution < 1.29 is 13.2 Å². The molecule has 0 atom stereocenters. The van der Waals surface area contributed by atoms with Crippen LogP contribution in [0.2, 0.25) is 0 Å². The van der Waals surface area contributed by atoms with Crippen LogP contribution < -0.4 is 5.32 Å². The molecule has 0 bridgehead atoms. The van der Waals surface area contributed by atoms with Gasteiger partial charge in [-0.25, -0.2) is 9.97 Å². The minimum Gasteiger partial charge on any atom is -0.370 e. The molecule has 0 spiro atoms. The highest BCUT2D eigenvalue weighted by Crippen LogP contribution is 2.29.